The Morgan fingerprint density at radius 3 is 2.38 bits per heavy atom. The number of benzene rings is 1. The third kappa shape index (κ3) is 5.76. The summed E-state index contributed by atoms with van der Waals surface area (Å²) in [6.07, 6.45) is 0.624. The molecule has 0 aromatic heterocycles. The molecule has 0 bridgehead atoms. The largest absolute Gasteiger partial charge is 0.550 e. The van der Waals surface area contributed by atoms with E-state index in [1.54, 1.807) is 31.2 Å². The number of aliphatic carboxylic acids is 1. The van der Waals surface area contributed by atoms with Gasteiger partial charge in [-0.25, -0.2) is 0 Å². The van der Waals surface area contributed by atoms with Crippen LogP contribution >= 0.6 is 11.6 Å². The normalized spacial score (nSPS) is 13.8. The molecule has 1 aromatic carbocycles. The Hall–Kier alpha value is -1.55. The first-order valence-corrected chi connectivity index (χ1v) is 7.44. The monoisotopic (exact) mass is 310 g/mol. The van der Waals surface area contributed by atoms with E-state index >= 15 is 0 Å². The molecule has 5 heteroatoms. The van der Waals surface area contributed by atoms with Crippen LogP contribution in [0, 0.1) is 17.8 Å². The lowest BCUT2D eigenvalue weighted by Gasteiger charge is -2.26. The second-order valence-corrected chi connectivity index (χ2v) is 6.17. The number of carboxylic acid groups (broad SMARTS) is 1. The molecule has 0 fully saturated rings. The molecular weight excluding hydrogens is 290 g/mol. The molecule has 2 atom stereocenters. The standard InChI is InChI=1S/C16H22ClNO3/c1-10(2)8-12(16(20)21)11(3)9-15(19)18-14-7-5-4-6-13(14)17/h4-7,10-12H,8-9H2,1-3H3,(H,18,19)(H,20,21)/p-1/t11-,12+/m0/s1. The smallest absolute Gasteiger partial charge is 0.224 e. The van der Waals surface area contributed by atoms with Crippen molar-refractivity contribution in [3.05, 3.63) is 29.3 Å². The summed E-state index contributed by atoms with van der Waals surface area (Å²) in [6.45, 7) is 5.66. The first-order valence-electron chi connectivity index (χ1n) is 7.06. The van der Waals surface area contributed by atoms with Gasteiger partial charge in [0.25, 0.3) is 0 Å². The Morgan fingerprint density at radius 2 is 1.86 bits per heavy atom. The molecule has 0 heterocycles. The highest BCUT2D eigenvalue weighted by atomic mass is 35.5. The molecular formula is C16H21ClNO3-. The van der Waals surface area contributed by atoms with Crippen LogP contribution in [-0.4, -0.2) is 11.9 Å². The number of halogens is 1. The van der Waals surface area contributed by atoms with Crippen molar-refractivity contribution in [2.75, 3.05) is 5.32 Å². The number of anilines is 1. The molecule has 0 unspecified atom stereocenters. The SMILES string of the molecule is CC(C)C[C@@H](C(=O)[O-])[C@@H](C)CC(=O)Nc1ccccc1Cl. The maximum Gasteiger partial charge on any atom is 0.224 e. The lowest BCUT2D eigenvalue weighted by atomic mass is 9.84. The second-order valence-electron chi connectivity index (χ2n) is 5.76. The summed E-state index contributed by atoms with van der Waals surface area (Å²) in [5.74, 6) is -2.02. The fourth-order valence-corrected chi connectivity index (χ4v) is 2.45. The van der Waals surface area contributed by atoms with Gasteiger partial charge < -0.3 is 15.2 Å². The van der Waals surface area contributed by atoms with Gasteiger partial charge in [-0.15, -0.1) is 0 Å². The van der Waals surface area contributed by atoms with E-state index in [0.717, 1.165) is 0 Å². The molecule has 21 heavy (non-hydrogen) atoms. The summed E-state index contributed by atoms with van der Waals surface area (Å²) < 4.78 is 0. The van der Waals surface area contributed by atoms with Crippen LogP contribution in [0.5, 0.6) is 0 Å². The predicted octanol–water partition coefficient (Wildman–Crippen LogP) is 2.72. The predicted molar refractivity (Wildman–Crippen MR) is 81.8 cm³/mol. The second kappa shape index (κ2) is 8.03. The van der Waals surface area contributed by atoms with Crippen molar-refractivity contribution in [1.29, 1.82) is 0 Å². The van der Waals surface area contributed by atoms with Crippen LogP contribution in [0.25, 0.3) is 0 Å². The van der Waals surface area contributed by atoms with Crippen molar-refractivity contribution in [2.24, 2.45) is 17.8 Å². The van der Waals surface area contributed by atoms with Crippen LogP contribution in [0.4, 0.5) is 5.69 Å². The van der Waals surface area contributed by atoms with E-state index in [1.807, 2.05) is 13.8 Å². The van der Waals surface area contributed by atoms with Crippen LogP contribution in [0.1, 0.15) is 33.6 Å². The molecule has 0 aliphatic rings. The highest BCUT2D eigenvalue weighted by Crippen LogP contribution is 2.25. The number of carboxylic acids is 1. The molecule has 116 valence electrons. The highest BCUT2D eigenvalue weighted by molar-refractivity contribution is 6.33. The van der Waals surface area contributed by atoms with E-state index in [-0.39, 0.29) is 24.2 Å². The molecule has 0 saturated heterocycles. The van der Waals surface area contributed by atoms with Gasteiger partial charge >= 0.3 is 0 Å². The summed E-state index contributed by atoms with van der Waals surface area (Å²) in [5, 5.41) is 14.4. The minimum atomic E-state index is -1.10. The topological polar surface area (TPSA) is 69.2 Å². The van der Waals surface area contributed by atoms with Crippen molar-refractivity contribution < 1.29 is 14.7 Å². The molecule has 0 aliphatic carbocycles. The Morgan fingerprint density at radius 1 is 1.24 bits per heavy atom. The van der Waals surface area contributed by atoms with E-state index in [1.165, 1.54) is 0 Å². The van der Waals surface area contributed by atoms with Crippen molar-refractivity contribution in [2.45, 2.75) is 33.6 Å². The number of hydrogen-bond acceptors (Lipinski definition) is 3. The first kappa shape index (κ1) is 17.5. The minimum Gasteiger partial charge on any atom is -0.550 e. The quantitative estimate of drug-likeness (QED) is 0.842. The van der Waals surface area contributed by atoms with E-state index in [2.05, 4.69) is 5.32 Å². The maximum atomic E-state index is 12.0. The van der Waals surface area contributed by atoms with E-state index in [4.69, 9.17) is 11.6 Å². The minimum absolute atomic E-state index is 0.122. The molecule has 0 saturated carbocycles. The molecule has 1 N–H and O–H groups in total. The maximum absolute atomic E-state index is 12.0. The number of para-hydroxylation sites is 1. The molecule has 0 radical (unpaired) electrons. The van der Waals surface area contributed by atoms with Crippen molar-refractivity contribution in [3.63, 3.8) is 0 Å². The van der Waals surface area contributed by atoms with Crippen LogP contribution in [0.2, 0.25) is 5.02 Å². The van der Waals surface area contributed by atoms with Crippen LogP contribution in [0.3, 0.4) is 0 Å². The van der Waals surface area contributed by atoms with E-state index < -0.39 is 11.9 Å². The molecule has 4 nitrogen and oxygen atoms in total. The molecule has 0 aliphatic heterocycles. The van der Waals surface area contributed by atoms with Crippen molar-refractivity contribution >= 4 is 29.2 Å². The number of rotatable bonds is 7. The Bertz CT molecular complexity index is 502. The zero-order chi connectivity index (χ0) is 16.0. The number of carbonyl (C=O) groups excluding carboxylic acids is 2. The average Bonchev–Trinajstić information content (AvgIpc) is 2.38. The van der Waals surface area contributed by atoms with E-state index in [9.17, 15) is 14.7 Å². The fourth-order valence-electron chi connectivity index (χ4n) is 2.27. The Labute approximate surface area is 130 Å². The zero-order valence-electron chi connectivity index (χ0n) is 12.6. The summed E-state index contributed by atoms with van der Waals surface area (Å²) in [6, 6.07) is 6.93. The first-order chi connectivity index (χ1) is 9.81. The van der Waals surface area contributed by atoms with Crippen LogP contribution in [-0.2, 0) is 9.59 Å². The summed E-state index contributed by atoms with van der Waals surface area (Å²) in [5.41, 5.74) is 0.533. The lowest BCUT2D eigenvalue weighted by Crippen LogP contribution is -2.37. The van der Waals surface area contributed by atoms with Crippen LogP contribution < -0.4 is 10.4 Å². The zero-order valence-corrected chi connectivity index (χ0v) is 13.3. The number of hydrogen-bond donors (Lipinski definition) is 1. The Kier molecular flexibility index (Phi) is 6.69. The van der Waals surface area contributed by atoms with Crippen molar-refractivity contribution in [3.8, 4) is 0 Å². The highest BCUT2D eigenvalue weighted by Gasteiger charge is 2.22. The average molecular weight is 311 g/mol. The molecule has 1 rings (SSSR count). The summed E-state index contributed by atoms with van der Waals surface area (Å²) in [4.78, 5) is 23.2. The Balaban J connectivity index is 2.64. The van der Waals surface area contributed by atoms with Gasteiger partial charge in [-0.2, -0.15) is 0 Å². The van der Waals surface area contributed by atoms with Gasteiger partial charge in [0.05, 0.1) is 10.7 Å². The lowest BCUT2D eigenvalue weighted by molar-refractivity contribution is -0.313. The molecule has 1 aromatic rings. The number of amides is 1. The van der Waals surface area contributed by atoms with E-state index in [0.29, 0.717) is 17.1 Å². The fraction of sp³-hybridized carbons (Fsp3) is 0.500. The number of nitrogens with one attached hydrogen (secondary N) is 1. The van der Waals surface area contributed by atoms with Crippen molar-refractivity contribution in [1.82, 2.24) is 0 Å². The summed E-state index contributed by atoms with van der Waals surface area (Å²) in [7, 11) is 0. The molecule has 1 amide bonds. The van der Waals surface area contributed by atoms with Crippen LogP contribution in [0.15, 0.2) is 24.3 Å². The number of carbonyl (C=O) groups is 2. The molecule has 0 spiro atoms. The van der Waals surface area contributed by atoms with Gasteiger partial charge in [0, 0.05) is 18.3 Å². The summed E-state index contributed by atoms with van der Waals surface area (Å²) >= 11 is 5.97. The van der Waals surface area contributed by atoms with Gasteiger partial charge in [0.1, 0.15) is 0 Å². The third-order valence-corrected chi connectivity index (χ3v) is 3.70. The van der Waals surface area contributed by atoms with Gasteiger partial charge in [0.2, 0.25) is 5.91 Å². The third-order valence-electron chi connectivity index (χ3n) is 3.37. The van der Waals surface area contributed by atoms with Gasteiger partial charge in [-0.1, -0.05) is 44.5 Å². The van der Waals surface area contributed by atoms with Gasteiger partial charge in [-0.3, -0.25) is 4.79 Å². The van der Waals surface area contributed by atoms with Gasteiger partial charge in [0.15, 0.2) is 0 Å². The van der Waals surface area contributed by atoms with Gasteiger partial charge in [-0.05, 0) is 30.4 Å².